The summed E-state index contributed by atoms with van der Waals surface area (Å²) in [4.78, 5) is 24.9. The molecular formula is C17H20N2O3. The Morgan fingerprint density at radius 1 is 1.18 bits per heavy atom. The van der Waals surface area contributed by atoms with E-state index in [-0.39, 0.29) is 23.2 Å². The summed E-state index contributed by atoms with van der Waals surface area (Å²) in [7, 11) is 1.61. The highest BCUT2D eigenvalue weighted by molar-refractivity contribution is 5.27. The molecule has 116 valence electrons. The van der Waals surface area contributed by atoms with E-state index < -0.39 is 0 Å². The lowest BCUT2D eigenvalue weighted by atomic mass is 9.88. The van der Waals surface area contributed by atoms with Crippen LogP contribution in [0.2, 0.25) is 0 Å². The fourth-order valence-corrected chi connectivity index (χ4v) is 2.97. The number of nitrogens with zero attached hydrogens (tertiary/aromatic N) is 2. The van der Waals surface area contributed by atoms with Gasteiger partial charge in [0.05, 0.1) is 13.7 Å². The monoisotopic (exact) mass is 300 g/mol. The molecule has 0 saturated heterocycles. The number of fused-ring (bicyclic) bond motifs is 1. The summed E-state index contributed by atoms with van der Waals surface area (Å²) < 4.78 is 8.14. The zero-order valence-corrected chi connectivity index (χ0v) is 13.1. The van der Waals surface area contributed by atoms with Gasteiger partial charge >= 0.3 is 5.69 Å². The third-order valence-electron chi connectivity index (χ3n) is 4.43. The predicted molar refractivity (Wildman–Crippen MR) is 84.7 cm³/mol. The summed E-state index contributed by atoms with van der Waals surface area (Å²) in [6, 6.07) is 9.00. The smallest absolute Gasteiger partial charge is 0.331 e. The molecule has 1 aliphatic rings. The molecule has 0 bridgehead atoms. The Balaban J connectivity index is 2.02. The topological polar surface area (TPSA) is 53.2 Å². The van der Waals surface area contributed by atoms with Crippen LogP contribution in [-0.2, 0) is 18.5 Å². The van der Waals surface area contributed by atoms with Crippen molar-refractivity contribution in [2.75, 3.05) is 7.11 Å². The van der Waals surface area contributed by atoms with E-state index in [1.807, 2.05) is 24.3 Å². The predicted octanol–water partition coefficient (Wildman–Crippen LogP) is 1.75. The number of hydrogen-bond donors (Lipinski definition) is 0. The van der Waals surface area contributed by atoms with E-state index >= 15 is 0 Å². The third-order valence-corrected chi connectivity index (χ3v) is 4.43. The molecule has 0 saturated carbocycles. The zero-order chi connectivity index (χ0) is 15.9. The molecule has 1 aliphatic heterocycles. The van der Waals surface area contributed by atoms with Crippen molar-refractivity contribution in [3.05, 3.63) is 62.4 Å². The molecule has 2 aromatic rings. The minimum Gasteiger partial charge on any atom is -0.497 e. The summed E-state index contributed by atoms with van der Waals surface area (Å²) in [6.07, 6.45) is 0.883. The maximum atomic E-state index is 12.6. The standard InChI is InChI=1S/C17H20N2O3/c1-17(2)8-9-18-14(17)10-15(20)19(16(18)21)11-12-4-6-13(22-3)7-5-12/h4-7,10H,8-9,11H2,1-3H3. The van der Waals surface area contributed by atoms with Crippen LogP contribution in [-0.4, -0.2) is 16.2 Å². The van der Waals surface area contributed by atoms with Gasteiger partial charge in [0.15, 0.2) is 0 Å². The number of aromatic nitrogens is 2. The van der Waals surface area contributed by atoms with Crippen molar-refractivity contribution in [2.45, 2.75) is 38.8 Å². The van der Waals surface area contributed by atoms with Crippen LogP contribution in [0.5, 0.6) is 5.75 Å². The van der Waals surface area contributed by atoms with Gasteiger partial charge in [-0.3, -0.25) is 13.9 Å². The van der Waals surface area contributed by atoms with E-state index in [2.05, 4.69) is 13.8 Å². The van der Waals surface area contributed by atoms with Gasteiger partial charge in [-0.05, 0) is 24.1 Å². The molecule has 0 atom stereocenters. The van der Waals surface area contributed by atoms with Crippen LogP contribution in [0.25, 0.3) is 0 Å². The highest BCUT2D eigenvalue weighted by Crippen LogP contribution is 2.31. The molecule has 0 aliphatic carbocycles. The highest BCUT2D eigenvalue weighted by Gasteiger charge is 2.32. The van der Waals surface area contributed by atoms with E-state index in [1.165, 1.54) is 4.57 Å². The average Bonchev–Trinajstić information content (AvgIpc) is 2.80. The van der Waals surface area contributed by atoms with Crippen LogP contribution in [0.1, 0.15) is 31.5 Å². The van der Waals surface area contributed by atoms with Crippen molar-refractivity contribution >= 4 is 0 Å². The maximum Gasteiger partial charge on any atom is 0.331 e. The molecule has 0 fully saturated rings. The van der Waals surface area contributed by atoms with E-state index in [1.54, 1.807) is 17.7 Å². The zero-order valence-electron chi connectivity index (χ0n) is 13.1. The van der Waals surface area contributed by atoms with Gasteiger partial charge in [-0.25, -0.2) is 4.79 Å². The molecule has 1 aromatic carbocycles. The van der Waals surface area contributed by atoms with Crippen molar-refractivity contribution in [3.8, 4) is 5.75 Å². The second-order valence-corrected chi connectivity index (χ2v) is 6.37. The Labute approximate surface area is 128 Å². The number of rotatable bonds is 3. The fraction of sp³-hybridized carbons (Fsp3) is 0.412. The number of hydrogen-bond acceptors (Lipinski definition) is 3. The first kappa shape index (κ1) is 14.6. The van der Waals surface area contributed by atoms with Crippen LogP contribution in [0, 0.1) is 0 Å². The van der Waals surface area contributed by atoms with Crippen LogP contribution in [0.15, 0.2) is 39.9 Å². The lowest BCUT2D eigenvalue weighted by Gasteiger charge is -2.18. The molecular weight excluding hydrogens is 280 g/mol. The molecule has 0 N–H and O–H groups in total. The van der Waals surface area contributed by atoms with Crippen molar-refractivity contribution in [1.29, 1.82) is 0 Å². The van der Waals surface area contributed by atoms with Gasteiger partial charge in [-0.1, -0.05) is 26.0 Å². The molecule has 0 amide bonds. The van der Waals surface area contributed by atoms with Crippen LogP contribution in [0.4, 0.5) is 0 Å². The Morgan fingerprint density at radius 3 is 2.50 bits per heavy atom. The van der Waals surface area contributed by atoms with Gasteiger partial charge in [0, 0.05) is 23.7 Å². The second-order valence-electron chi connectivity index (χ2n) is 6.37. The molecule has 0 unspecified atom stereocenters. The lowest BCUT2D eigenvalue weighted by Crippen LogP contribution is -2.40. The van der Waals surface area contributed by atoms with E-state index in [0.717, 1.165) is 23.4 Å². The van der Waals surface area contributed by atoms with Crippen LogP contribution >= 0.6 is 0 Å². The Bertz CT molecular complexity index is 813. The summed E-state index contributed by atoms with van der Waals surface area (Å²) in [5.41, 5.74) is 1.18. The first-order valence-corrected chi connectivity index (χ1v) is 7.40. The summed E-state index contributed by atoms with van der Waals surface area (Å²) in [5.74, 6) is 0.753. The van der Waals surface area contributed by atoms with Gasteiger partial charge in [0.2, 0.25) is 0 Å². The summed E-state index contributed by atoms with van der Waals surface area (Å²) in [6.45, 7) is 5.09. The van der Waals surface area contributed by atoms with E-state index in [9.17, 15) is 9.59 Å². The van der Waals surface area contributed by atoms with Gasteiger partial charge in [-0.2, -0.15) is 0 Å². The Morgan fingerprint density at radius 2 is 1.86 bits per heavy atom. The molecule has 5 heteroatoms. The van der Waals surface area contributed by atoms with Crippen LogP contribution in [0.3, 0.4) is 0 Å². The van der Waals surface area contributed by atoms with Gasteiger partial charge in [0.1, 0.15) is 5.75 Å². The molecule has 2 heterocycles. The van der Waals surface area contributed by atoms with Crippen molar-refractivity contribution in [1.82, 2.24) is 9.13 Å². The minimum atomic E-state index is -0.234. The highest BCUT2D eigenvalue weighted by atomic mass is 16.5. The number of benzene rings is 1. The lowest BCUT2D eigenvalue weighted by molar-refractivity contribution is 0.414. The average molecular weight is 300 g/mol. The van der Waals surface area contributed by atoms with Gasteiger partial charge in [-0.15, -0.1) is 0 Å². The molecule has 3 rings (SSSR count). The third kappa shape index (κ3) is 2.36. The molecule has 5 nitrogen and oxygen atoms in total. The van der Waals surface area contributed by atoms with Gasteiger partial charge in [0.25, 0.3) is 5.56 Å². The number of ether oxygens (including phenoxy) is 1. The first-order valence-electron chi connectivity index (χ1n) is 7.40. The second kappa shape index (κ2) is 5.16. The molecule has 0 spiro atoms. The summed E-state index contributed by atoms with van der Waals surface area (Å²) in [5, 5.41) is 0. The minimum absolute atomic E-state index is 0.114. The van der Waals surface area contributed by atoms with Gasteiger partial charge < -0.3 is 4.74 Å². The maximum absolute atomic E-state index is 12.6. The number of methoxy groups -OCH3 is 1. The quantitative estimate of drug-likeness (QED) is 0.868. The molecule has 1 aromatic heterocycles. The molecule has 0 radical (unpaired) electrons. The van der Waals surface area contributed by atoms with Crippen molar-refractivity contribution in [2.24, 2.45) is 0 Å². The van der Waals surface area contributed by atoms with E-state index in [0.29, 0.717) is 6.54 Å². The fourth-order valence-electron chi connectivity index (χ4n) is 2.97. The summed E-state index contributed by atoms with van der Waals surface area (Å²) >= 11 is 0. The van der Waals surface area contributed by atoms with Crippen molar-refractivity contribution < 1.29 is 4.74 Å². The largest absolute Gasteiger partial charge is 0.497 e. The SMILES string of the molecule is COc1ccc(Cn2c(=O)cc3n(c2=O)CCC3(C)C)cc1. The van der Waals surface area contributed by atoms with Crippen molar-refractivity contribution in [3.63, 3.8) is 0 Å². The first-order chi connectivity index (χ1) is 10.4. The Hall–Kier alpha value is -2.30. The van der Waals surface area contributed by atoms with E-state index in [4.69, 9.17) is 4.74 Å². The normalized spacial score (nSPS) is 15.6. The van der Waals surface area contributed by atoms with Crippen LogP contribution < -0.4 is 16.0 Å². The molecule has 22 heavy (non-hydrogen) atoms. The Kier molecular flexibility index (Phi) is 3.43.